The largest absolute Gasteiger partial charge is 0.481 e. The molecule has 0 saturated heterocycles. The normalized spacial score (nSPS) is 10.4. The third-order valence-electron chi connectivity index (χ3n) is 5.14. The maximum Gasteiger partial charge on any atom is 0.303 e. The summed E-state index contributed by atoms with van der Waals surface area (Å²) in [5.74, 6) is 6.49. The van der Waals surface area contributed by atoms with Crippen molar-refractivity contribution in [2.24, 2.45) is 0 Å². The van der Waals surface area contributed by atoms with E-state index in [9.17, 15) is 4.79 Å². The second kappa shape index (κ2) is 10.3. The van der Waals surface area contributed by atoms with Crippen LogP contribution in [-0.2, 0) is 11.2 Å². The maximum absolute atomic E-state index is 10.7. The van der Waals surface area contributed by atoms with Crippen LogP contribution in [0.2, 0.25) is 0 Å². The molecule has 4 heteroatoms. The first kappa shape index (κ1) is 21.1. The highest BCUT2D eigenvalue weighted by Crippen LogP contribution is 2.32. The zero-order chi connectivity index (χ0) is 22.2. The molecule has 0 aliphatic heterocycles. The molecular formula is C28H24N2O2. The van der Waals surface area contributed by atoms with Gasteiger partial charge in [0.15, 0.2) is 0 Å². The number of para-hydroxylation sites is 1. The highest BCUT2D eigenvalue weighted by Gasteiger charge is 2.20. The highest BCUT2D eigenvalue weighted by molar-refractivity contribution is 5.71. The Bertz CT molecular complexity index is 1230. The molecule has 0 spiro atoms. The number of aliphatic carboxylic acids is 1. The van der Waals surface area contributed by atoms with Gasteiger partial charge in [0.1, 0.15) is 5.82 Å². The molecule has 1 aromatic heterocycles. The van der Waals surface area contributed by atoms with Gasteiger partial charge in [-0.15, -0.1) is 5.92 Å². The van der Waals surface area contributed by atoms with Crippen LogP contribution in [-0.4, -0.2) is 20.6 Å². The molecule has 4 rings (SSSR count). The Balaban J connectivity index is 1.82. The van der Waals surface area contributed by atoms with Gasteiger partial charge in [-0.2, -0.15) is 0 Å². The van der Waals surface area contributed by atoms with Crippen LogP contribution >= 0.6 is 0 Å². The molecule has 0 unspecified atom stereocenters. The van der Waals surface area contributed by atoms with Gasteiger partial charge in [-0.25, -0.2) is 4.98 Å². The predicted octanol–water partition coefficient (Wildman–Crippen LogP) is 6.01. The van der Waals surface area contributed by atoms with E-state index in [-0.39, 0.29) is 6.42 Å². The van der Waals surface area contributed by atoms with E-state index in [0.29, 0.717) is 19.3 Å². The maximum atomic E-state index is 10.7. The zero-order valence-corrected chi connectivity index (χ0v) is 17.7. The molecular weight excluding hydrogens is 396 g/mol. The van der Waals surface area contributed by atoms with Gasteiger partial charge in [-0.3, -0.25) is 9.36 Å². The first-order valence-corrected chi connectivity index (χ1v) is 10.7. The second-order valence-electron chi connectivity index (χ2n) is 7.41. The molecule has 0 saturated carbocycles. The SMILES string of the molecule is O=C(O)CCCC#CCc1c(-c2ccccc2)nc(-c2ccccc2)n1-c1ccccc1. The number of carboxylic acids is 1. The van der Waals surface area contributed by atoms with E-state index < -0.39 is 5.97 Å². The molecule has 1 heterocycles. The summed E-state index contributed by atoms with van der Waals surface area (Å²) in [7, 11) is 0. The van der Waals surface area contributed by atoms with Gasteiger partial charge >= 0.3 is 5.97 Å². The Morgan fingerprint density at radius 3 is 2.03 bits per heavy atom. The van der Waals surface area contributed by atoms with Crippen molar-refractivity contribution in [2.45, 2.75) is 25.7 Å². The van der Waals surface area contributed by atoms with Crippen LogP contribution in [0.1, 0.15) is 25.0 Å². The lowest BCUT2D eigenvalue weighted by Crippen LogP contribution is -2.02. The molecule has 0 aliphatic carbocycles. The van der Waals surface area contributed by atoms with E-state index in [1.807, 2.05) is 54.6 Å². The van der Waals surface area contributed by atoms with Crippen molar-refractivity contribution in [1.82, 2.24) is 9.55 Å². The van der Waals surface area contributed by atoms with E-state index in [1.165, 1.54) is 0 Å². The molecule has 0 atom stereocenters. The first-order valence-electron chi connectivity index (χ1n) is 10.7. The Morgan fingerprint density at radius 1 is 0.812 bits per heavy atom. The summed E-state index contributed by atoms with van der Waals surface area (Å²) in [5, 5.41) is 8.82. The number of imidazole rings is 1. The Labute approximate surface area is 188 Å². The van der Waals surface area contributed by atoms with E-state index >= 15 is 0 Å². The molecule has 3 aromatic carbocycles. The van der Waals surface area contributed by atoms with Gasteiger partial charge in [-0.1, -0.05) is 84.8 Å². The number of carbonyl (C=O) groups is 1. The van der Waals surface area contributed by atoms with Crippen LogP contribution in [0.4, 0.5) is 0 Å². The highest BCUT2D eigenvalue weighted by atomic mass is 16.4. The summed E-state index contributed by atoms with van der Waals surface area (Å²) >= 11 is 0. The van der Waals surface area contributed by atoms with Crippen LogP contribution in [0.15, 0.2) is 91.0 Å². The average molecular weight is 421 g/mol. The lowest BCUT2D eigenvalue weighted by molar-refractivity contribution is -0.137. The molecule has 1 N–H and O–H groups in total. The first-order chi connectivity index (χ1) is 15.7. The van der Waals surface area contributed by atoms with E-state index in [0.717, 1.165) is 34.0 Å². The van der Waals surface area contributed by atoms with E-state index in [2.05, 4.69) is 52.8 Å². The van der Waals surface area contributed by atoms with Gasteiger partial charge in [-0.05, 0) is 18.6 Å². The number of rotatable bonds is 7. The minimum Gasteiger partial charge on any atom is -0.481 e. The van der Waals surface area contributed by atoms with Crippen LogP contribution < -0.4 is 0 Å². The van der Waals surface area contributed by atoms with E-state index in [4.69, 9.17) is 10.1 Å². The van der Waals surface area contributed by atoms with Gasteiger partial charge in [0.25, 0.3) is 0 Å². The number of nitrogens with zero attached hydrogens (tertiary/aromatic N) is 2. The Kier molecular flexibility index (Phi) is 6.79. The summed E-state index contributed by atoms with van der Waals surface area (Å²) in [6.07, 6.45) is 1.79. The van der Waals surface area contributed by atoms with Crippen molar-refractivity contribution >= 4 is 5.97 Å². The number of aromatic nitrogens is 2. The molecule has 0 fully saturated rings. The third kappa shape index (κ3) is 4.96. The summed E-state index contributed by atoms with van der Waals surface area (Å²) in [6, 6.07) is 30.5. The average Bonchev–Trinajstić information content (AvgIpc) is 3.22. The summed E-state index contributed by atoms with van der Waals surface area (Å²) in [6.45, 7) is 0. The van der Waals surface area contributed by atoms with Crippen molar-refractivity contribution < 1.29 is 9.90 Å². The molecule has 0 bridgehead atoms. The quantitative estimate of drug-likeness (QED) is 0.294. The number of hydrogen-bond donors (Lipinski definition) is 1. The number of benzene rings is 3. The minimum absolute atomic E-state index is 0.143. The van der Waals surface area contributed by atoms with Crippen LogP contribution in [0, 0.1) is 11.8 Å². The fourth-order valence-corrected chi connectivity index (χ4v) is 3.64. The number of carboxylic acid groups (broad SMARTS) is 1. The van der Waals surface area contributed by atoms with Crippen molar-refractivity contribution in [1.29, 1.82) is 0 Å². The number of hydrogen-bond acceptors (Lipinski definition) is 2. The summed E-state index contributed by atoms with van der Waals surface area (Å²) in [5.41, 5.74) is 5.04. The second-order valence-corrected chi connectivity index (χ2v) is 7.41. The Morgan fingerprint density at radius 2 is 1.41 bits per heavy atom. The van der Waals surface area contributed by atoms with Crippen molar-refractivity contribution in [3.05, 3.63) is 96.7 Å². The van der Waals surface area contributed by atoms with Crippen LogP contribution in [0.5, 0.6) is 0 Å². The topological polar surface area (TPSA) is 55.1 Å². The van der Waals surface area contributed by atoms with Crippen LogP contribution in [0.25, 0.3) is 28.3 Å². The standard InChI is InChI=1S/C28H24N2O2/c31-26(32)21-13-2-1-12-20-25-27(22-14-6-3-7-15-22)29-28(23-16-8-4-9-17-23)30(25)24-18-10-5-11-19-24/h3-11,14-19H,2,13,20-21H2,(H,31,32). The third-order valence-corrected chi connectivity index (χ3v) is 5.14. The van der Waals surface area contributed by atoms with Gasteiger partial charge in [0, 0.05) is 29.7 Å². The minimum atomic E-state index is -0.784. The fraction of sp³-hybridized carbons (Fsp3) is 0.143. The van der Waals surface area contributed by atoms with Gasteiger partial charge in [0.05, 0.1) is 17.8 Å². The molecule has 0 radical (unpaired) electrons. The molecule has 32 heavy (non-hydrogen) atoms. The molecule has 158 valence electrons. The van der Waals surface area contributed by atoms with Crippen LogP contribution in [0.3, 0.4) is 0 Å². The lowest BCUT2D eigenvalue weighted by Gasteiger charge is -2.12. The summed E-state index contributed by atoms with van der Waals surface area (Å²) < 4.78 is 2.18. The predicted molar refractivity (Wildman–Crippen MR) is 127 cm³/mol. The van der Waals surface area contributed by atoms with Crippen molar-refractivity contribution in [3.63, 3.8) is 0 Å². The molecule has 4 aromatic rings. The van der Waals surface area contributed by atoms with Crippen molar-refractivity contribution in [3.8, 4) is 40.2 Å². The lowest BCUT2D eigenvalue weighted by atomic mass is 10.1. The van der Waals surface area contributed by atoms with Gasteiger partial charge < -0.3 is 5.11 Å². The van der Waals surface area contributed by atoms with Crippen molar-refractivity contribution in [2.75, 3.05) is 0 Å². The smallest absolute Gasteiger partial charge is 0.303 e. The molecule has 4 nitrogen and oxygen atoms in total. The van der Waals surface area contributed by atoms with Gasteiger partial charge in [0.2, 0.25) is 0 Å². The zero-order valence-electron chi connectivity index (χ0n) is 17.7. The fourth-order valence-electron chi connectivity index (χ4n) is 3.64. The molecule has 0 aliphatic rings. The molecule has 0 amide bonds. The van der Waals surface area contributed by atoms with E-state index in [1.54, 1.807) is 0 Å². The number of unbranched alkanes of at least 4 members (excludes halogenated alkanes) is 1. The summed E-state index contributed by atoms with van der Waals surface area (Å²) in [4.78, 5) is 15.8. The monoisotopic (exact) mass is 420 g/mol. The Hall–Kier alpha value is -4.10.